The molecule has 0 bridgehead atoms. The third kappa shape index (κ3) is 4.22. The minimum Gasteiger partial charge on any atom is -0.453 e. The highest BCUT2D eigenvalue weighted by atomic mass is 16.5. The van der Waals surface area contributed by atoms with Gasteiger partial charge >= 0.3 is 6.09 Å². The van der Waals surface area contributed by atoms with Gasteiger partial charge in [-0.25, -0.2) is 4.79 Å². The second kappa shape index (κ2) is 7.48. The number of rotatable bonds is 5. The summed E-state index contributed by atoms with van der Waals surface area (Å²) in [4.78, 5) is 26.2. The van der Waals surface area contributed by atoms with Crippen LogP contribution in [0.4, 0.5) is 4.79 Å². The number of nitrogens with one attached hydrogen (secondary N) is 1. The summed E-state index contributed by atoms with van der Waals surface area (Å²) < 4.78 is 4.62. The maximum atomic E-state index is 12.8. The zero-order chi connectivity index (χ0) is 16.2. The van der Waals surface area contributed by atoms with Crippen LogP contribution in [0.1, 0.15) is 40.5 Å². The van der Waals surface area contributed by atoms with Gasteiger partial charge in [0, 0.05) is 12.6 Å². The molecule has 1 N–H and O–H groups in total. The number of carbonyl (C=O) groups excluding carboxylic acids is 2. The van der Waals surface area contributed by atoms with Crippen LogP contribution in [0.15, 0.2) is 12.2 Å². The van der Waals surface area contributed by atoms with Crippen LogP contribution in [0.25, 0.3) is 0 Å². The second-order valence-corrected chi connectivity index (χ2v) is 6.23. The van der Waals surface area contributed by atoms with Crippen LogP contribution in [0.3, 0.4) is 0 Å². The van der Waals surface area contributed by atoms with Crippen LogP contribution in [-0.4, -0.2) is 42.6 Å². The van der Waals surface area contributed by atoms with Crippen molar-refractivity contribution in [1.82, 2.24) is 10.2 Å². The number of hydrogen-bond acceptors (Lipinski definition) is 3. The van der Waals surface area contributed by atoms with Crippen LogP contribution in [0, 0.1) is 11.8 Å². The Bertz CT molecular complexity index is 406. The molecule has 21 heavy (non-hydrogen) atoms. The lowest BCUT2D eigenvalue weighted by Gasteiger charge is -2.33. The first-order valence-electron chi connectivity index (χ1n) is 7.63. The summed E-state index contributed by atoms with van der Waals surface area (Å²) in [5.41, 5.74) is 1.08. The molecule has 1 fully saturated rings. The summed E-state index contributed by atoms with van der Waals surface area (Å²) >= 11 is 0. The van der Waals surface area contributed by atoms with Gasteiger partial charge in [0.1, 0.15) is 6.04 Å². The highest BCUT2D eigenvalue weighted by Crippen LogP contribution is 2.29. The average Bonchev–Trinajstić information content (AvgIpc) is 2.84. The Morgan fingerprint density at radius 3 is 2.52 bits per heavy atom. The van der Waals surface area contributed by atoms with Crippen LogP contribution < -0.4 is 5.32 Å². The Labute approximate surface area is 127 Å². The molecule has 0 saturated carbocycles. The maximum Gasteiger partial charge on any atom is 0.407 e. The highest BCUT2D eigenvalue weighted by molar-refractivity contribution is 5.86. The predicted molar refractivity (Wildman–Crippen MR) is 82.9 cm³/mol. The third-order valence-electron chi connectivity index (χ3n) is 4.27. The van der Waals surface area contributed by atoms with Gasteiger partial charge in [-0.15, -0.1) is 0 Å². The number of hydrogen-bond donors (Lipinski definition) is 1. The van der Waals surface area contributed by atoms with Crippen LogP contribution in [-0.2, 0) is 9.53 Å². The topological polar surface area (TPSA) is 58.6 Å². The van der Waals surface area contributed by atoms with Gasteiger partial charge in [-0.1, -0.05) is 46.3 Å². The van der Waals surface area contributed by atoms with Crippen LogP contribution in [0.5, 0.6) is 0 Å². The molecule has 2 amide bonds. The largest absolute Gasteiger partial charge is 0.453 e. The van der Waals surface area contributed by atoms with E-state index < -0.39 is 12.1 Å². The molecule has 0 spiro atoms. The van der Waals surface area contributed by atoms with Gasteiger partial charge in [-0.05, 0) is 18.3 Å². The van der Waals surface area contributed by atoms with Crippen molar-refractivity contribution >= 4 is 12.0 Å². The van der Waals surface area contributed by atoms with E-state index in [-0.39, 0.29) is 17.9 Å². The summed E-state index contributed by atoms with van der Waals surface area (Å²) in [6.45, 7) is 12.7. The first-order chi connectivity index (χ1) is 9.81. The lowest BCUT2D eigenvalue weighted by molar-refractivity contribution is -0.136. The quantitative estimate of drug-likeness (QED) is 0.793. The Morgan fingerprint density at radius 2 is 2.05 bits per heavy atom. The number of methoxy groups -OCH3 is 1. The number of carbonyl (C=O) groups is 2. The summed E-state index contributed by atoms with van der Waals surface area (Å²) in [6, 6.07) is -0.384. The molecule has 0 aromatic rings. The molecular formula is C16H28N2O3. The van der Waals surface area contributed by atoms with Crippen molar-refractivity contribution in [2.75, 3.05) is 13.7 Å². The van der Waals surface area contributed by atoms with Crippen LogP contribution in [0.2, 0.25) is 0 Å². The molecule has 1 aliphatic rings. The average molecular weight is 296 g/mol. The van der Waals surface area contributed by atoms with Gasteiger partial charge in [-0.3, -0.25) is 4.79 Å². The summed E-state index contributed by atoms with van der Waals surface area (Å²) in [7, 11) is 1.30. The molecule has 5 nitrogen and oxygen atoms in total. The smallest absolute Gasteiger partial charge is 0.407 e. The SMILES string of the molecule is C=C1CC(C(C)CC)N(C(=O)[C@@H](NC(=O)OC)C(C)C)C1. The van der Waals surface area contributed by atoms with E-state index in [2.05, 4.69) is 30.5 Å². The summed E-state index contributed by atoms with van der Waals surface area (Å²) in [5.74, 6) is 0.376. The molecule has 3 atom stereocenters. The number of amides is 2. The van der Waals surface area contributed by atoms with E-state index in [1.807, 2.05) is 18.7 Å². The van der Waals surface area contributed by atoms with E-state index in [1.165, 1.54) is 7.11 Å². The Balaban J connectivity index is 2.90. The van der Waals surface area contributed by atoms with Gasteiger partial charge in [-0.2, -0.15) is 0 Å². The van der Waals surface area contributed by atoms with Crippen molar-refractivity contribution in [3.63, 3.8) is 0 Å². The van der Waals surface area contributed by atoms with E-state index in [1.54, 1.807) is 0 Å². The molecule has 0 aliphatic carbocycles. The summed E-state index contributed by atoms with van der Waals surface area (Å²) in [5, 5.41) is 2.65. The molecular weight excluding hydrogens is 268 g/mol. The van der Waals surface area contributed by atoms with E-state index in [0.717, 1.165) is 18.4 Å². The van der Waals surface area contributed by atoms with Crippen molar-refractivity contribution in [2.24, 2.45) is 11.8 Å². The zero-order valence-corrected chi connectivity index (χ0v) is 13.8. The minimum absolute atomic E-state index is 0.00282. The van der Waals surface area contributed by atoms with Crippen molar-refractivity contribution in [2.45, 2.75) is 52.6 Å². The van der Waals surface area contributed by atoms with E-state index in [9.17, 15) is 9.59 Å². The van der Waals surface area contributed by atoms with E-state index in [0.29, 0.717) is 12.5 Å². The lowest BCUT2D eigenvalue weighted by atomic mass is 9.95. The molecule has 120 valence electrons. The monoisotopic (exact) mass is 296 g/mol. The van der Waals surface area contributed by atoms with Crippen molar-refractivity contribution in [3.8, 4) is 0 Å². The molecule has 1 saturated heterocycles. The fourth-order valence-electron chi connectivity index (χ4n) is 2.73. The molecule has 1 heterocycles. The first-order valence-corrected chi connectivity index (χ1v) is 7.63. The number of alkyl carbamates (subject to hydrolysis) is 1. The fraction of sp³-hybridized carbons (Fsp3) is 0.750. The minimum atomic E-state index is -0.569. The molecule has 0 radical (unpaired) electrons. The van der Waals surface area contributed by atoms with Gasteiger partial charge in [0.15, 0.2) is 0 Å². The Hall–Kier alpha value is -1.52. The molecule has 5 heteroatoms. The van der Waals surface area contributed by atoms with E-state index >= 15 is 0 Å². The first kappa shape index (κ1) is 17.5. The normalized spacial score (nSPS) is 21.3. The van der Waals surface area contributed by atoms with Gasteiger partial charge in [0.05, 0.1) is 7.11 Å². The fourth-order valence-corrected chi connectivity index (χ4v) is 2.73. The standard InChI is InChI=1S/C16H28N2O3/c1-7-12(5)13-8-11(4)9-18(13)15(19)14(10(2)3)17-16(20)21-6/h10,12-14H,4,7-9H2,1-3,5-6H3,(H,17,20)/t12?,13?,14-/m0/s1. The van der Waals surface area contributed by atoms with Crippen molar-refractivity contribution in [3.05, 3.63) is 12.2 Å². The molecule has 0 aromatic heterocycles. The third-order valence-corrected chi connectivity index (χ3v) is 4.27. The number of nitrogens with zero attached hydrogens (tertiary/aromatic N) is 1. The zero-order valence-electron chi connectivity index (χ0n) is 13.8. The molecule has 0 aromatic carbocycles. The second-order valence-electron chi connectivity index (χ2n) is 6.23. The predicted octanol–water partition coefficient (Wildman–Crippen LogP) is 2.57. The molecule has 2 unspecified atom stereocenters. The van der Waals surface area contributed by atoms with Gasteiger partial charge in [0.2, 0.25) is 5.91 Å². The van der Waals surface area contributed by atoms with Crippen molar-refractivity contribution < 1.29 is 14.3 Å². The molecule has 1 aliphatic heterocycles. The van der Waals surface area contributed by atoms with Gasteiger partial charge in [0.25, 0.3) is 0 Å². The van der Waals surface area contributed by atoms with Crippen molar-refractivity contribution in [1.29, 1.82) is 0 Å². The summed E-state index contributed by atoms with van der Waals surface area (Å²) in [6.07, 6.45) is 1.29. The van der Waals surface area contributed by atoms with Gasteiger partial charge < -0.3 is 15.0 Å². The highest BCUT2D eigenvalue weighted by Gasteiger charge is 2.38. The Kier molecular flexibility index (Phi) is 6.24. The molecule has 1 rings (SSSR count). The van der Waals surface area contributed by atoms with Crippen LogP contribution >= 0.6 is 0 Å². The number of ether oxygens (including phenoxy) is 1. The van der Waals surface area contributed by atoms with E-state index in [4.69, 9.17) is 0 Å². The lowest BCUT2D eigenvalue weighted by Crippen LogP contribution is -2.53. The Morgan fingerprint density at radius 1 is 1.43 bits per heavy atom. The maximum absolute atomic E-state index is 12.8. The number of likely N-dealkylation sites (tertiary alicyclic amines) is 1.